The lowest BCUT2D eigenvalue weighted by molar-refractivity contribution is -0.138. The molecule has 8 heteroatoms. The van der Waals surface area contributed by atoms with E-state index >= 15 is 0 Å². The van der Waals surface area contributed by atoms with E-state index in [1.807, 2.05) is 0 Å². The molecule has 0 unspecified atom stereocenters. The predicted octanol–water partition coefficient (Wildman–Crippen LogP) is 4.50. The number of nitrogens with one attached hydrogen (secondary N) is 1. The number of halogens is 4. The van der Waals surface area contributed by atoms with Crippen molar-refractivity contribution in [2.24, 2.45) is 0 Å². The van der Waals surface area contributed by atoms with Crippen molar-refractivity contribution in [1.29, 1.82) is 0 Å². The zero-order valence-corrected chi connectivity index (χ0v) is 15.4. The first-order valence-electron chi connectivity index (χ1n) is 8.34. The smallest absolute Gasteiger partial charge is 0.416 e. The van der Waals surface area contributed by atoms with Crippen LogP contribution in [-0.2, 0) is 20.5 Å². The summed E-state index contributed by atoms with van der Waals surface area (Å²) in [5.74, 6) is -1.68. The SMILES string of the molecule is COC(=O)C1=C(C)NC2=C(C(=O)CCC2)[C@@H]1c1ccc(C(F)(F)F)cc1Cl. The molecular weight excluding hydrogens is 383 g/mol. The molecule has 1 aliphatic heterocycles. The average Bonchev–Trinajstić information content (AvgIpc) is 2.59. The fourth-order valence-corrected chi connectivity index (χ4v) is 3.90. The Hall–Kier alpha value is -2.28. The van der Waals surface area contributed by atoms with Crippen molar-refractivity contribution in [1.82, 2.24) is 5.32 Å². The highest BCUT2D eigenvalue weighted by Crippen LogP contribution is 2.45. The Morgan fingerprint density at radius 2 is 2.00 bits per heavy atom. The van der Waals surface area contributed by atoms with Crippen LogP contribution < -0.4 is 5.32 Å². The Kier molecular flexibility index (Phi) is 5.08. The summed E-state index contributed by atoms with van der Waals surface area (Å²) in [6.07, 6.45) is -2.96. The third-order valence-corrected chi connectivity index (χ3v) is 5.15. The summed E-state index contributed by atoms with van der Waals surface area (Å²) >= 11 is 6.18. The van der Waals surface area contributed by atoms with Crippen molar-refractivity contribution >= 4 is 23.4 Å². The molecule has 0 spiro atoms. The van der Waals surface area contributed by atoms with E-state index in [0.717, 1.165) is 12.1 Å². The second kappa shape index (κ2) is 7.03. The Morgan fingerprint density at radius 3 is 2.59 bits per heavy atom. The number of carbonyl (C=O) groups is 2. The molecule has 1 aliphatic carbocycles. The molecule has 0 aromatic heterocycles. The Balaban J connectivity index is 2.21. The molecule has 0 bridgehead atoms. The number of hydrogen-bond acceptors (Lipinski definition) is 4. The zero-order valence-electron chi connectivity index (χ0n) is 14.7. The van der Waals surface area contributed by atoms with E-state index < -0.39 is 23.6 Å². The third kappa shape index (κ3) is 3.48. The molecule has 0 saturated heterocycles. The number of ketones is 1. The molecule has 1 aromatic carbocycles. The van der Waals surface area contributed by atoms with Crippen LogP contribution in [-0.4, -0.2) is 18.9 Å². The molecule has 144 valence electrons. The number of methoxy groups -OCH3 is 1. The highest BCUT2D eigenvalue weighted by atomic mass is 35.5. The number of allylic oxidation sites excluding steroid dienone is 3. The average molecular weight is 400 g/mol. The summed E-state index contributed by atoms with van der Waals surface area (Å²) < 4.78 is 43.8. The van der Waals surface area contributed by atoms with Crippen molar-refractivity contribution in [3.63, 3.8) is 0 Å². The second-order valence-electron chi connectivity index (χ2n) is 6.49. The minimum atomic E-state index is -4.54. The molecule has 1 atom stereocenters. The van der Waals surface area contributed by atoms with Gasteiger partial charge in [0.25, 0.3) is 0 Å². The van der Waals surface area contributed by atoms with Crippen LogP contribution in [0.3, 0.4) is 0 Å². The maximum absolute atomic E-state index is 13.0. The molecule has 0 fully saturated rings. The fraction of sp³-hybridized carbons (Fsp3) is 0.368. The van der Waals surface area contributed by atoms with E-state index in [1.165, 1.54) is 13.2 Å². The molecule has 0 amide bonds. The lowest BCUT2D eigenvalue weighted by Gasteiger charge is -2.34. The molecule has 1 aromatic rings. The van der Waals surface area contributed by atoms with Crippen LogP contribution in [0.1, 0.15) is 43.2 Å². The van der Waals surface area contributed by atoms with Gasteiger partial charge in [-0.2, -0.15) is 13.2 Å². The minimum absolute atomic E-state index is 0.154. The number of hydrogen-bond donors (Lipinski definition) is 1. The summed E-state index contributed by atoms with van der Waals surface area (Å²) in [6.45, 7) is 1.67. The first-order valence-corrected chi connectivity index (χ1v) is 8.72. The molecule has 1 N–H and O–H groups in total. The number of esters is 1. The van der Waals surface area contributed by atoms with Gasteiger partial charge in [-0.15, -0.1) is 0 Å². The van der Waals surface area contributed by atoms with E-state index in [4.69, 9.17) is 16.3 Å². The first kappa shape index (κ1) is 19.5. The van der Waals surface area contributed by atoms with Crippen LogP contribution in [0.2, 0.25) is 5.02 Å². The number of rotatable bonds is 2. The summed E-state index contributed by atoms with van der Waals surface area (Å²) in [5.41, 5.74) is 1.10. The number of ether oxygens (including phenoxy) is 1. The quantitative estimate of drug-likeness (QED) is 0.744. The van der Waals surface area contributed by atoms with Gasteiger partial charge >= 0.3 is 12.1 Å². The van der Waals surface area contributed by atoms with Gasteiger partial charge in [-0.3, -0.25) is 4.79 Å². The summed E-state index contributed by atoms with van der Waals surface area (Å²) in [5, 5.41) is 2.93. The number of carbonyl (C=O) groups excluding carboxylic acids is 2. The standard InChI is InChI=1S/C19H17ClF3NO3/c1-9-15(18(26)27-2)16(17-13(24-9)4-3-5-14(17)25)11-7-6-10(8-12(11)20)19(21,22)23/h6-8,16,24H,3-5H2,1-2H3/t16-/m1/s1. The summed E-state index contributed by atoms with van der Waals surface area (Å²) in [4.78, 5) is 25.0. The maximum Gasteiger partial charge on any atom is 0.416 e. The fourth-order valence-electron chi connectivity index (χ4n) is 3.61. The van der Waals surface area contributed by atoms with Crippen LogP contribution in [0.15, 0.2) is 40.7 Å². The predicted molar refractivity (Wildman–Crippen MR) is 92.9 cm³/mol. The van der Waals surface area contributed by atoms with Crippen LogP contribution in [0.5, 0.6) is 0 Å². The van der Waals surface area contributed by atoms with Gasteiger partial charge in [0.15, 0.2) is 5.78 Å². The minimum Gasteiger partial charge on any atom is -0.466 e. The van der Waals surface area contributed by atoms with Gasteiger partial charge in [0.05, 0.1) is 18.2 Å². The van der Waals surface area contributed by atoms with Gasteiger partial charge in [0, 0.05) is 34.3 Å². The topological polar surface area (TPSA) is 55.4 Å². The Bertz CT molecular complexity index is 887. The molecule has 27 heavy (non-hydrogen) atoms. The molecule has 4 nitrogen and oxygen atoms in total. The largest absolute Gasteiger partial charge is 0.466 e. The molecule has 1 heterocycles. The van der Waals surface area contributed by atoms with Crippen LogP contribution in [0.25, 0.3) is 0 Å². The molecule has 0 radical (unpaired) electrons. The highest BCUT2D eigenvalue weighted by Gasteiger charge is 2.40. The summed E-state index contributed by atoms with van der Waals surface area (Å²) in [6, 6.07) is 2.95. The number of alkyl halides is 3. The van der Waals surface area contributed by atoms with E-state index in [0.29, 0.717) is 36.2 Å². The third-order valence-electron chi connectivity index (χ3n) is 4.82. The van der Waals surface area contributed by atoms with Gasteiger partial charge in [-0.25, -0.2) is 4.79 Å². The summed E-state index contributed by atoms with van der Waals surface area (Å²) in [7, 11) is 1.21. The molecule has 2 aliphatic rings. The monoisotopic (exact) mass is 399 g/mol. The van der Waals surface area contributed by atoms with Gasteiger partial charge in [-0.05, 0) is 37.5 Å². The molecule has 3 rings (SSSR count). The van der Waals surface area contributed by atoms with Crippen molar-refractivity contribution < 1.29 is 27.5 Å². The first-order chi connectivity index (χ1) is 12.6. The van der Waals surface area contributed by atoms with Gasteiger partial charge in [0.1, 0.15) is 0 Å². The lowest BCUT2D eigenvalue weighted by atomic mass is 9.75. The van der Waals surface area contributed by atoms with Crippen molar-refractivity contribution in [3.05, 3.63) is 56.9 Å². The Labute approximate surface area is 159 Å². The highest BCUT2D eigenvalue weighted by molar-refractivity contribution is 6.31. The van der Waals surface area contributed by atoms with E-state index in [2.05, 4.69) is 5.32 Å². The molecule has 0 saturated carbocycles. The van der Waals surface area contributed by atoms with E-state index in [-0.39, 0.29) is 21.9 Å². The molecular formula is C19H17ClF3NO3. The zero-order chi connectivity index (χ0) is 19.9. The van der Waals surface area contributed by atoms with Gasteiger partial charge in [-0.1, -0.05) is 17.7 Å². The van der Waals surface area contributed by atoms with Gasteiger partial charge in [0.2, 0.25) is 0 Å². The van der Waals surface area contributed by atoms with E-state index in [1.54, 1.807) is 6.92 Å². The van der Waals surface area contributed by atoms with Crippen molar-refractivity contribution in [3.8, 4) is 0 Å². The van der Waals surface area contributed by atoms with Crippen molar-refractivity contribution in [2.75, 3.05) is 7.11 Å². The van der Waals surface area contributed by atoms with Crippen LogP contribution in [0.4, 0.5) is 13.2 Å². The maximum atomic E-state index is 13.0. The second-order valence-corrected chi connectivity index (χ2v) is 6.90. The van der Waals surface area contributed by atoms with Crippen molar-refractivity contribution in [2.45, 2.75) is 38.3 Å². The number of benzene rings is 1. The lowest BCUT2D eigenvalue weighted by Crippen LogP contribution is -2.34. The van der Waals surface area contributed by atoms with Gasteiger partial charge < -0.3 is 10.1 Å². The van der Waals surface area contributed by atoms with E-state index in [9.17, 15) is 22.8 Å². The number of Topliss-reactive ketones (excluding diaryl/α,β-unsaturated/α-hetero) is 1. The van der Waals surface area contributed by atoms with Crippen LogP contribution in [0, 0.1) is 0 Å². The number of dihydropyridines is 1. The normalized spacial score (nSPS) is 20.4. The Morgan fingerprint density at radius 1 is 1.30 bits per heavy atom. The van der Waals surface area contributed by atoms with Crippen LogP contribution >= 0.6 is 11.6 Å².